The number of aliphatic hydroxyl groups is 3. The number of carbonyl (C=O) groups excluding carboxylic acids is 1. The summed E-state index contributed by atoms with van der Waals surface area (Å²) >= 11 is 0. The number of fused-ring (bicyclic) bond motifs is 5. The monoisotopic (exact) mass is 521 g/mol. The Balaban J connectivity index is 1.91. The smallest absolute Gasteiger partial charge is 0.337 e. The highest BCUT2D eigenvalue weighted by Gasteiger charge is 2.73. The predicted molar refractivity (Wildman–Crippen MR) is 143 cm³/mol. The fourth-order valence-corrected chi connectivity index (χ4v) is 9.80. The van der Waals surface area contributed by atoms with Crippen LogP contribution in [-0.2, 0) is 14.3 Å². The molecule has 2 bridgehead atoms. The van der Waals surface area contributed by atoms with Gasteiger partial charge in [0.15, 0.2) is 6.10 Å². The third kappa shape index (κ3) is 3.53. The molecule has 37 heavy (non-hydrogen) atoms. The molecule has 13 atom stereocenters. The highest BCUT2D eigenvalue weighted by molar-refractivity contribution is 5.75. The average molecular weight is 522 g/mol. The number of hydrogen-bond acceptors (Lipinski definition) is 7. The maximum atomic E-state index is 13.1. The van der Waals surface area contributed by atoms with E-state index in [2.05, 4.69) is 53.8 Å². The van der Waals surface area contributed by atoms with Gasteiger partial charge in [0.05, 0.1) is 18.3 Å². The number of aliphatic hydroxyl groups excluding tert-OH is 1. The topological polar surface area (TPSA) is 108 Å². The van der Waals surface area contributed by atoms with Crippen molar-refractivity contribution in [2.75, 3.05) is 13.7 Å². The predicted octanol–water partition coefficient (Wildman–Crippen LogP) is 3.30. The molecule has 3 aliphatic carbocycles. The first kappa shape index (κ1) is 29.0. The lowest BCUT2D eigenvalue weighted by molar-refractivity contribution is -0.346. The van der Waals surface area contributed by atoms with Crippen molar-refractivity contribution < 1.29 is 29.6 Å². The van der Waals surface area contributed by atoms with Crippen molar-refractivity contribution in [3.63, 3.8) is 0 Å². The minimum absolute atomic E-state index is 0.0833. The molecule has 3 fully saturated rings. The van der Waals surface area contributed by atoms with Crippen molar-refractivity contribution in [1.82, 2.24) is 5.32 Å². The molecule has 212 valence electrons. The van der Waals surface area contributed by atoms with E-state index in [4.69, 9.17) is 9.47 Å². The van der Waals surface area contributed by atoms with Crippen LogP contribution in [-0.4, -0.2) is 70.5 Å². The number of nitrogens with one attached hydrogen (secondary N) is 1. The molecule has 1 heterocycles. The number of likely N-dealkylation sites (N-methyl/N-ethyl adjacent to an activating group) is 1. The first-order valence-electron chi connectivity index (χ1n) is 14.3. The van der Waals surface area contributed by atoms with Crippen molar-refractivity contribution >= 4 is 5.97 Å². The summed E-state index contributed by atoms with van der Waals surface area (Å²) in [7, 11) is 1.69. The van der Waals surface area contributed by atoms with Gasteiger partial charge in [0, 0.05) is 23.3 Å². The minimum Gasteiger partial charge on any atom is -0.455 e. The second kappa shape index (κ2) is 9.02. The van der Waals surface area contributed by atoms with Crippen LogP contribution in [0.5, 0.6) is 0 Å². The second-order valence-corrected chi connectivity index (χ2v) is 13.9. The molecule has 2 saturated carbocycles. The van der Waals surface area contributed by atoms with Gasteiger partial charge in [0.1, 0.15) is 11.7 Å². The maximum absolute atomic E-state index is 13.1. The van der Waals surface area contributed by atoms with E-state index in [1.54, 1.807) is 14.0 Å². The van der Waals surface area contributed by atoms with E-state index in [1.165, 1.54) is 0 Å². The zero-order valence-corrected chi connectivity index (χ0v) is 24.8. The van der Waals surface area contributed by atoms with Gasteiger partial charge in [-0.3, -0.25) is 0 Å². The van der Waals surface area contributed by atoms with Gasteiger partial charge in [-0.15, -0.1) is 0 Å². The molecule has 11 unspecified atom stereocenters. The number of esters is 1. The van der Waals surface area contributed by atoms with Crippen molar-refractivity contribution in [3.8, 4) is 0 Å². The largest absolute Gasteiger partial charge is 0.455 e. The second-order valence-electron chi connectivity index (χ2n) is 13.9. The van der Waals surface area contributed by atoms with Gasteiger partial charge in [0.25, 0.3) is 0 Å². The Morgan fingerprint density at radius 1 is 1.08 bits per heavy atom. The van der Waals surface area contributed by atoms with E-state index in [1.807, 2.05) is 13.8 Å². The Morgan fingerprint density at radius 2 is 1.68 bits per heavy atom. The van der Waals surface area contributed by atoms with E-state index in [-0.39, 0.29) is 41.8 Å². The zero-order chi connectivity index (χ0) is 28.0. The van der Waals surface area contributed by atoms with E-state index in [0.717, 1.165) is 17.6 Å². The quantitative estimate of drug-likeness (QED) is 0.332. The molecule has 4 rings (SSSR count). The Morgan fingerprint density at radius 3 is 2.19 bits per heavy atom. The van der Waals surface area contributed by atoms with Crippen LogP contribution >= 0.6 is 0 Å². The van der Waals surface area contributed by atoms with Crippen LogP contribution in [0, 0.1) is 46.3 Å². The van der Waals surface area contributed by atoms with E-state index < -0.39 is 46.8 Å². The lowest BCUT2D eigenvalue weighted by atomic mass is 9.38. The number of hydrogen-bond donors (Lipinski definition) is 4. The summed E-state index contributed by atoms with van der Waals surface area (Å²) in [5.41, 5.74) is -1.03. The van der Waals surface area contributed by atoms with E-state index in [9.17, 15) is 20.1 Å². The number of rotatable bonds is 4. The van der Waals surface area contributed by atoms with Crippen LogP contribution in [0.2, 0.25) is 0 Å². The van der Waals surface area contributed by atoms with Crippen LogP contribution in [0.4, 0.5) is 0 Å². The van der Waals surface area contributed by atoms with Crippen LogP contribution < -0.4 is 5.32 Å². The average Bonchev–Trinajstić information content (AvgIpc) is 2.84. The Kier molecular flexibility index (Phi) is 7.07. The molecule has 0 spiro atoms. The van der Waals surface area contributed by atoms with Gasteiger partial charge in [-0.05, 0) is 62.0 Å². The summed E-state index contributed by atoms with van der Waals surface area (Å²) in [5.74, 6) is -1.05. The summed E-state index contributed by atoms with van der Waals surface area (Å²) in [4.78, 5) is 13.1. The first-order chi connectivity index (χ1) is 16.9. The van der Waals surface area contributed by atoms with Gasteiger partial charge in [0.2, 0.25) is 0 Å². The van der Waals surface area contributed by atoms with Crippen LogP contribution in [0.3, 0.4) is 0 Å². The molecule has 0 amide bonds. The molecular weight excluding hydrogens is 470 g/mol. The highest BCUT2D eigenvalue weighted by atomic mass is 16.6. The third-order valence-electron chi connectivity index (χ3n) is 12.4. The minimum atomic E-state index is -1.31. The van der Waals surface area contributed by atoms with E-state index >= 15 is 0 Å². The van der Waals surface area contributed by atoms with Crippen LogP contribution in [0.1, 0.15) is 75.7 Å². The molecule has 4 aliphatic rings. The SMILES string of the molecule is CNC(C)C(O)C(=O)OC1C(C)=C2C(C)C(C)[C@]3(C)C(C)CC4OCC4(O)C3C(C)C(O)([C@H]1C)C2(C)C. The van der Waals surface area contributed by atoms with E-state index in [0.29, 0.717) is 5.92 Å². The number of ether oxygens (including phenoxy) is 2. The fourth-order valence-electron chi connectivity index (χ4n) is 9.80. The summed E-state index contributed by atoms with van der Waals surface area (Å²) in [6, 6.07) is -0.462. The van der Waals surface area contributed by atoms with Gasteiger partial charge < -0.3 is 30.1 Å². The molecule has 4 N–H and O–H groups in total. The molecule has 1 aliphatic heterocycles. The molecule has 0 aromatic rings. The highest BCUT2D eigenvalue weighted by Crippen LogP contribution is 2.69. The standard InChI is InChI=1S/C30H51NO6/c1-14-12-21-29(34,13-36-21)25-19(6)30(35)18(5)24(37-26(33)23(32)20(7)31-11)16(3)22(27(30,8)9)15(2)17(4)28(14,25)10/h14-15,17-21,23-25,31-32,34-35H,12-13H2,1-11H3/t14?,15?,17?,18-,19?,20?,21?,23?,24?,25?,28-,29?,30?/m0/s1. The molecule has 7 heteroatoms. The third-order valence-corrected chi connectivity index (χ3v) is 12.4. The zero-order valence-electron chi connectivity index (χ0n) is 24.8. The molecule has 0 aromatic heterocycles. The molecule has 0 aromatic carbocycles. The van der Waals surface area contributed by atoms with Gasteiger partial charge in [-0.2, -0.15) is 0 Å². The molecular formula is C30H51NO6. The summed E-state index contributed by atoms with van der Waals surface area (Å²) in [6.07, 6.45) is -1.40. The van der Waals surface area contributed by atoms with Crippen LogP contribution in [0.15, 0.2) is 11.1 Å². The normalized spacial score (nSPS) is 50.5. The Labute approximate surface area is 223 Å². The van der Waals surface area contributed by atoms with Crippen molar-refractivity contribution in [1.29, 1.82) is 0 Å². The van der Waals surface area contributed by atoms with Gasteiger partial charge >= 0.3 is 5.97 Å². The summed E-state index contributed by atoms with van der Waals surface area (Å²) in [6.45, 7) is 21.4. The fraction of sp³-hybridized carbons (Fsp3) is 0.900. The molecule has 0 radical (unpaired) electrons. The van der Waals surface area contributed by atoms with Crippen molar-refractivity contribution in [3.05, 3.63) is 11.1 Å². The lowest BCUT2D eigenvalue weighted by Crippen LogP contribution is -2.77. The van der Waals surface area contributed by atoms with Crippen molar-refractivity contribution in [2.24, 2.45) is 46.3 Å². The lowest BCUT2D eigenvalue weighted by Gasteiger charge is -2.71. The number of carbonyl (C=O) groups is 1. The summed E-state index contributed by atoms with van der Waals surface area (Å²) < 4.78 is 12.0. The van der Waals surface area contributed by atoms with Crippen molar-refractivity contribution in [2.45, 2.75) is 111 Å². The molecule has 7 nitrogen and oxygen atoms in total. The molecule has 1 saturated heterocycles. The Hall–Kier alpha value is -0.990. The van der Waals surface area contributed by atoms with Gasteiger partial charge in [-0.25, -0.2) is 4.79 Å². The maximum Gasteiger partial charge on any atom is 0.337 e. The Bertz CT molecular complexity index is 964. The van der Waals surface area contributed by atoms with Gasteiger partial charge in [-0.1, -0.05) is 61.0 Å². The first-order valence-corrected chi connectivity index (χ1v) is 14.3. The van der Waals surface area contributed by atoms with Crippen LogP contribution in [0.25, 0.3) is 0 Å². The summed E-state index contributed by atoms with van der Waals surface area (Å²) in [5, 5.41) is 38.6.